The van der Waals surface area contributed by atoms with Crippen molar-refractivity contribution >= 4 is 17.4 Å². The van der Waals surface area contributed by atoms with Gasteiger partial charge in [-0.05, 0) is 6.42 Å². The summed E-state index contributed by atoms with van der Waals surface area (Å²) in [5, 5.41) is 3.97. The second kappa shape index (κ2) is 6.66. The lowest BCUT2D eigenvalue weighted by molar-refractivity contribution is -0.128. The van der Waals surface area contributed by atoms with Gasteiger partial charge in [-0.2, -0.15) is 0 Å². The van der Waals surface area contributed by atoms with E-state index in [0.717, 1.165) is 11.4 Å². The van der Waals surface area contributed by atoms with Gasteiger partial charge in [-0.15, -0.1) is 0 Å². The average Bonchev–Trinajstić information content (AvgIpc) is 3.27. The Labute approximate surface area is 168 Å². The van der Waals surface area contributed by atoms with Crippen LogP contribution in [0.25, 0.3) is 22.7 Å². The van der Waals surface area contributed by atoms with Crippen LogP contribution >= 0.6 is 0 Å². The van der Waals surface area contributed by atoms with Crippen LogP contribution in [0.1, 0.15) is 13.3 Å². The molecule has 2 aliphatic heterocycles. The number of likely N-dealkylation sites (N-methyl/N-ethyl adjacent to an activating group) is 1. The van der Waals surface area contributed by atoms with E-state index in [2.05, 4.69) is 15.0 Å². The largest absolute Gasteiger partial charge is 0.377 e. The highest BCUT2D eigenvalue weighted by molar-refractivity contribution is 6.07. The quantitative estimate of drug-likeness (QED) is 0.679. The summed E-state index contributed by atoms with van der Waals surface area (Å²) in [5.41, 5.74) is 1.59. The highest BCUT2D eigenvalue weighted by Gasteiger charge is 2.52. The Bertz CT molecular complexity index is 1070. The molecule has 0 N–H and O–H groups in total. The lowest BCUT2D eigenvalue weighted by Gasteiger charge is -2.51. The number of amides is 1. The summed E-state index contributed by atoms with van der Waals surface area (Å²) in [5.74, 6) is 1.89. The van der Waals surface area contributed by atoms with Crippen molar-refractivity contribution in [3.8, 4) is 22.7 Å². The number of morpholine rings is 1. The molecule has 2 aromatic heterocycles. The lowest BCUT2D eigenvalue weighted by atomic mass is 9.89. The molecule has 1 atom stereocenters. The van der Waals surface area contributed by atoms with Crippen LogP contribution in [0.2, 0.25) is 0 Å². The maximum absolute atomic E-state index is 13.2. The molecule has 1 fully saturated rings. The Morgan fingerprint density at radius 3 is 2.83 bits per heavy atom. The van der Waals surface area contributed by atoms with E-state index in [1.54, 1.807) is 24.3 Å². The van der Waals surface area contributed by atoms with Crippen LogP contribution in [-0.4, -0.2) is 53.4 Å². The number of carbonyl (C=O) groups excluding carboxylic acids is 1. The van der Waals surface area contributed by atoms with E-state index in [1.807, 2.05) is 37.3 Å². The molecule has 0 bridgehead atoms. The van der Waals surface area contributed by atoms with Crippen molar-refractivity contribution in [2.45, 2.75) is 18.9 Å². The zero-order valence-electron chi connectivity index (χ0n) is 16.3. The molecule has 0 radical (unpaired) electrons. The van der Waals surface area contributed by atoms with Crippen molar-refractivity contribution in [1.29, 1.82) is 0 Å². The number of hydrogen-bond acceptors (Lipinski definition) is 7. The first-order valence-electron chi connectivity index (χ1n) is 9.67. The zero-order valence-corrected chi connectivity index (χ0v) is 16.3. The highest BCUT2D eigenvalue weighted by atomic mass is 16.5. The minimum Gasteiger partial charge on any atom is -0.377 e. The predicted molar refractivity (Wildman–Crippen MR) is 108 cm³/mol. The molecule has 1 unspecified atom stereocenters. The summed E-state index contributed by atoms with van der Waals surface area (Å²) in [4.78, 5) is 26.3. The number of carbonyl (C=O) groups is 1. The van der Waals surface area contributed by atoms with Gasteiger partial charge in [0.25, 0.3) is 5.91 Å². The van der Waals surface area contributed by atoms with Gasteiger partial charge in [-0.1, -0.05) is 42.4 Å². The monoisotopic (exact) mass is 391 g/mol. The van der Waals surface area contributed by atoms with Gasteiger partial charge in [-0.25, -0.2) is 9.97 Å². The third-order valence-electron chi connectivity index (χ3n) is 5.82. The first-order chi connectivity index (χ1) is 14.2. The molecule has 0 spiro atoms. The van der Waals surface area contributed by atoms with Gasteiger partial charge in [0.1, 0.15) is 11.2 Å². The topological polar surface area (TPSA) is 84.6 Å². The fourth-order valence-corrected chi connectivity index (χ4v) is 4.17. The van der Waals surface area contributed by atoms with Crippen LogP contribution in [0.4, 0.5) is 11.5 Å². The summed E-state index contributed by atoms with van der Waals surface area (Å²) in [7, 11) is 1.77. The molecule has 5 rings (SSSR count). The average molecular weight is 391 g/mol. The van der Waals surface area contributed by atoms with E-state index in [9.17, 15) is 4.79 Å². The van der Waals surface area contributed by atoms with Crippen molar-refractivity contribution in [2.24, 2.45) is 0 Å². The van der Waals surface area contributed by atoms with Crippen LogP contribution in [0.3, 0.4) is 0 Å². The van der Waals surface area contributed by atoms with E-state index in [0.29, 0.717) is 49.0 Å². The molecule has 3 aromatic rings. The van der Waals surface area contributed by atoms with Crippen molar-refractivity contribution in [2.75, 3.05) is 36.6 Å². The lowest BCUT2D eigenvalue weighted by Crippen LogP contribution is -2.68. The maximum atomic E-state index is 13.2. The molecule has 2 aliphatic rings. The Hall–Kier alpha value is -3.26. The molecule has 4 heterocycles. The van der Waals surface area contributed by atoms with Gasteiger partial charge in [-0.3, -0.25) is 4.79 Å². The van der Waals surface area contributed by atoms with Crippen LogP contribution < -0.4 is 9.80 Å². The highest BCUT2D eigenvalue weighted by Crippen LogP contribution is 2.42. The fraction of sp³-hybridized carbons (Fsp3) is 0.333. The van der Waals surface area contributed by atoms with Crippen LogP contribution in [0.15, 0.2) is 47.2 Å². The van der Waals surface area contributed by atoms with E-state index in [1.165, 1.54) is 0 Å². The standard InChI is InChI=1S/C21H21N5O3/c1-3-21-13-28-10-9-26(21)19-16(25(2)20(21)27)12-22-18(24-19)15-11-23-29-17(15)14-7-5-4-6-8-14/h4-8,11-12H,3,9-10,13H2,1-2H3. The van der Waals surface area contributed by atoms with E-state index in [-0.39, 0.29) is 5.91 Å². The smallest absolute Gasteiger partial charge is 0.255 e. The van der Waals surface area contributed by atoms with Crippen molar-refractivity contribution < 1.29 is 14.1 Å². The number of ether oxygens (including phenoxy) is 1. The van der Waals surface area contributed by atoms with Gasteiger partial charge in [0.05, 0.1) is 31.2 Å². The molecule has 29 heavy (non-hydrogen) atoms. The van der Waals surface area contributed by atoms with Crippen molar-refractivity contribution in [3.63, 3.8) is 0 Å². The summed E-state index contributed by atoms with van der Waals surface area (Å²) in [6.07, 6.45) is 3.97. The summed E-state index contributed by atoms with van der Waals surface area (Å²) in [6.45, 7) is 3.52. The maximum Gasteiger partial charge on any atom is 0.255 e. The Morgan fingerprint density at radius 2 is 2.03 bits per heavy atom. The van der Waals surface area contributed by atoms with E-state index in [4.69, 9.17) is 14.2 Å². The van der Waals surface area contributed by atoms with Crippen molar-refractivity contribution in [1.82, 2.24) is 15.1 Å². The number of benzene rings is 1. The molecular weight excluding hydrogens is 370 g/mol. The normalized spacial score (nSPS) is 21.1. The molecule has 0 saturated carbocycles. The van der Waals surface area contributed by atoms with Crippen LogP contribution in [0, 0.1) is 0 Å². The van der Waals surface area contributed by atoms with Gasteiger partial charge >= 0.3 is 0 Å². The predicted octanol–water partition coefficient (Wildman–Crippen LogP) is 2.76. The minimum absolute atomic E-state index is 0.0125. The Balaban J connectivity index is 1.65. The third kappa shape index (κ3) is 2.56. The molecule has 1 aromatic carbocycles. The van der Waals surface area contributed by atoms with Gasteiger partial charge in [0.2, 0.25) is 0 Å². The molecule has 8 nitrogen and oxygen atoms in total. The molecule has 0 aliphatic carbocycles. The van der Waals surface area contributed by atoms with Gasteiger partial charge in [0.15, 0.2) is 17.4 Å². The SMILES string of the molecule is CCC12COCCN1c1nc(-c3cnoc3-c3ccccc3)ncc1N(C)C2=O. The molecule has 1 saturated heterocycles. The number of nitrogens with zero attached hydrogens (tertiary/aromatic N) is 5. The number of fused-ring (bicyclic) bond motifs is 3. The zero-order chi connectivity index (χ0) is 20.0. The number of anilines is 2. The molecule has 8 heteroatoms. The van der Waals surface area contributed by atoms with Crippen LogP contribution in [-0.2, 0) is 9.53 Å². The fourth-order valence-electron chi connectivity index (χ4n) is 4.17. The number of aromatic nitrogens is 3. The van der Waals surface area contributed by atoms with Gasteiger partial charge < -0.3 is 19.1 Å². The molecular formula is C21H21N5O3. The number of rotatable bonds is 3. The van der Waals surface area contributed by atoms with Crippen molar-refractivity contribution in [3.05, 3.63) is 42.7 Å². The summed E-state index contributed by atoms with van der Waals surface area (Å²) in [6, 6.07) is 9.75. The first kappa shape index (κ1) is 17.8. The summed E-state index contributed by atoms with van der Waals surface area (Å²) < 4.78 is 11.2. The van der Waals surface area contributed by atoms with E-state index < -0.39 is 5.54 Å². The minimum atomic E-state index is -0.734. The second-order valence-corrected chi connectivity index (χ2v) is 7.29. The summed E-state index contributed by atoms with van der Waals surface area (Å²) >= 11 is 0. The number of hydrogen-bond donors (Lipinski definition) is 0. The first-order valence-corrected chi connectivity index (χ1v) is 9.67. The van der Waals surface area contributed by atoms with E-state index >= 15 is 0 Å². The third-order valence-corrected chi connectivity index (χ3v) is 5.82. The van der Waals surface area contributed by atoms with Gasteiger partial charge in [0, 0.05) is 19.2 Å². The Kier molecular flexibility index (Phi) is 4.09. The van der Waals surface area contributed by atoms with Crippen LogP contribution in [0.5, 0.6) is 0 Å². The Morgan fingerprint density at radius 1 is 1.21 bits per heavy atom. The molecule has 1 amide bonds. The molecule has 148 valence electrons. The second-order valence-electron chi connectivity index (χ2n) is 7.29.